The van der Waals surface area contributed by atoms with Crippen molar-refractivity contribution in [2.45, 2.75) is 6.54 Å². The molecule has 3 aromatic rings. The fraction of sp³-hybridized carbons (Fsp3) is 0.200. The van der Waals surface area contributed by atoms with Gasteiger partial charge in [0.15, 0.2) is 0 Å². The van der Waals surface area contributed by atoms with Gasteiger partial charge < -0.3 is 16.2 Å². The van der Waals surface area contributed by atoms with Gasteiger partial charge in [0.05, 0.1) is 6.61 Å². The van der Waals surface area contributed by atoms with E-state index >= 15 is 0 Å². The highest BCUT2D eigenvalue weighted by Gasteiger charge is 2.10. The summed E-state index contributed by atoms with van der Waals surface area (Å²) in [5.41, 5.74) is 8.20. The third-order valence-electron chi connectivity index (χ3n) is 3.24. The lowest BCUT2D eigenvalue weighted by molar-refractivity contribution is 0.292. The largest absolute Gasteiger partial charge is 0.398 e. The smallest absolute Gasteiger partial charge is 0.0556 e. The third-order valence-corrected chi connectivity index (χ3v) is 4.49. The van der Waals surface area contributed by atoms with Gasteiger partial charge in [-0.1, -0.05) is 24.3 Å². The summed E-state index contributed by atoms with van der Waals surface area (Å²) in [6.07, 6.45) is 0. The average Bonchev–Trinajstić information content (AvgIpc) is 2.82. The molecule has 0 aliphatic carbocycles. The van der Waals surface area contributed by atoms with Crippen LogP contribution in [0.2, 0.25) is 0 Å². The topological polar surface area (TPSA) is 58.3 Å². The Morgan fingerprint density at radius 1 is 1.16 bits per heavy atom. The van der Waals surface area contributed by atoms with Crippen LogP contribution < -0.4 is 11.1 Å². The molecule has 0 saturated carbocycles. The van der Waals surface area contributed by atoms with Crippen molar-refractivity contribution < 1.29 is 5.11 Å². The lowest BCUT2D eigenvalue weighted by Crippen LogP contribution is -2.17. The molecule has 2 aromatic carbocycles. The normalized spacial score (nSPS) is 11.4. The number of aliphatic hydroxyl groups is 1. The number of aliphatic hydroxyl groups excluding tert-OH is 1. The quantitative estimate of drug-likeness (QED) is 0.505. The third kappa shape index (κ3) is 2.18. The van der Waals surface area contributed by atoms with Gasteiger partial charge >= 0.3 is 0 Å². The molecule has 0 aliphatic rings. The Labute approximate surface area is 115 Å². The number of benzene rings is 2. The fourth-order valence-corrected chi connectivity index (χ4v) is 3.60. The maximum atomic E-state index is 8.84. The zero-order valence-corrected chi connectivity index (χ0v) is 11.3. The zero-order chi connectivity index (χ0) is 13.2. The Hall–Kier alpha value is -1.62. The summed E-state index contributed by atoms with van der Waals surface area (Å²) in [7, 11) is 0. The van der Waals surface area contributed by atoms with Crippen molar-refractivity contribution in [1.82, 2.24) is 5.32 Å². The Kier molecular flexibility index (Phi) is 3.38. The average molecular weight is 272 g/mol. The molecule has 0 aliphatic heterocycles. The van der Waals surface area contributed by atoms with Gasteiger partial charge in [0, 0.05) is 38.9 Å². The van der Waals surface area contributed by atoms with Crippen LogP contribution in [0.3, 0.4) is 0 Å². The summed E-state index contributed by atoms with van der Waals surface area (Å²) in [5, 5.41) is 14.4. The number of nitrogens with one attached hydrogen (secondary N) is 1. The van der Waals surface area contributed by atoms with E-state index in [1.165, 1.54) is 20.3 Å². The van der Waals surface area contributed by atoms with Crippen molar-refractivity contribution in [3.63, 3.8) is 0 Å². The molecular formula is C15H16N2OS. The van der Waals surface area contributed by atoms with Crippen LogP contribution in [-0.4, -0.2) is 18.3 Å². The molecule has 19 heavy (non-hydrogen) atoms. The Balaban J connectivity index is 2.16. The van der Waals surface area contributed by atoms with E-state index < -0.39 is 0 Å². The minimum absolute atomic E-state index is 0.157. The van der Waals surface area contributed by atoms with Gasteiger partial charge in [0.25, 0.3) is 0 Å². The number of fused-ring (bicyclic) bond motifs is 3. The molecule has 98 valence electrons. The number of nitrogen functional groups attached to an aromatic ring is 1. The highest BCUT2D eigenvalue weighted by atomic mass is 32.1. The summed E-state index contributed by atoms with van der Waals surface area (Å²) in [6.45, 7) is 1.52. The van der Waals surface area contributed by atoms with E-state index in [1.807, 2.05) is 12.1 Å². The Bertz CT molecular complexity index is 721. The number of thiophene rings is 1. The molecule has 0 saturated heterocycles. The number of nitrogens with two attached hydrogens (primary N) is 1. The maximum absolute atomic E-state index is 8.84. The predicted molar refractivity (Wildman–Crippen MR) is 82.5 cm³/mol. The number of hydrogen-bond acceptors (Lipinski definition) is 4. The number of hydrogen-bond donors (Lipinski definition) is 3. The van der Waals surface area contributed by atoms with Crippen molar-refractivity contribution in [3.05, 3.63) is 42.0 Å². The molecule has 0 bridgehead atoms. The predicted octanol–water partition coefficient (Wildman–Crippen LogP) is 2.72. The van der Waals surface area contributed by atoms with Gasteiger partial charge in [0.2, 0.25) is 0 Å². The molecule has 0 unspecified atom stereocenters. The van der Waals surface area contributed by atoms with Gasteiger partial charge in [-0.05, 0) is 17.7 Å². The van der Waals surface area contributed by atoms with Gasteiger partial charge in [0.1, 0.15) is 0 Å². The summed E-state index contributed by atoms with van der Waals surface area (Å²) in [4.78, 5) is 0. The first-order valence-electron chi connectivity index (χ1n) is 6.31. The van der Waals surface area contributed by atoms with Gasteiger partial charge in [-0.3, -0.25) is 0 Å². The first-order valence-corrected chi connectivity index (χ1v) is 7.13. The maximum Gasteiger partial charge on any atom is 0.0556 e. The number of anilines is 1. The van der Waals surface area contributed by atoms with Crippen LogP contribution >= 0.6 is 11.3 Å². The number of rotatable bonds is 4. The Morgan fingerprint density at radius 3 is 2.84 bits per heavy atom. The van der Waals surface area contributed by atoms with Crippen LogP contribution in [0.25, 0.3) is 20.2 Å². The van der Waals surface area contributed by atoms with E-state index in [1.54, 1.807) is 11.3 Å². The van der Waals surface area contributed by atoms with E-state index in [0.717, 1.165) is 17.6 Å². The summed E-state index contributed by atoms with van der Waals surface area (Å²) in [5.74, 6) is 0. The lowest BCUT2D eigenvalue weighted by atomic mass is 10.1. The van der Waals surface area contributed by atoms with E-state index in [2.05, 4.69) is 29.6 Å². The second-order valence-electron chi connectivity index (χ2n) is 4.52. The molecule has 3 nitrogen and oxygen atoms in total. The van der Waals surface area contributed by atoms with E-state index in [0.29, 0.717) is 6.54 Å². The fourth-order valence-electron chi connectivity index (χ4n) is 2.35. The zero-order valence-electron chi connectivity index (χ0n) is 10.5. The van der Waals surface area contributed by atoms with Crippen molar-refractivity contribution in [2.75, 3.05) is 18.9 Å². The minimum Gasteiger partial charge on any atom is -0.398 e. The van der Waals surface area contributed by atoms with Crippen LogP contribution in [0.15, 0.2) is 36.4 Å². The van der Waals surface area contributed by atoms with Crippen LogP contribution in [0, 0.1) is 0 Å². The van der Waals surface area contributed by atoms with Crippen LogP contribution in [0.5, 0.6) is 0 Å². The van der Waals surface area contributed by atoms with Gasteiger partial charge in [-0.15, -0.1) is 11.3 Å². The lowest BCUT2D eigenvalue weighted by Gasteiger charge is -2.06. The van der Waals surface area contributed by atoms with Crippen molar-refractivity contribution in [1.29, 1.82) is 0 Å². The van der Waals surface area contributed by atoms with Crippen LogP contribution in [-0.2, 0) is 6.54 Å². The van der Waals surface area contributed by atoms with Crippen LogP contribution in [0.4, 0.5) is 5.69 Å². The van der Waals surface area contributed by atoms with Crippen molar-refractivity contribution in [3.8, 4) is 0 Å². The molecule has 3 rings (SSSR count). The van der Waals surface area contributed by atoms with Crippen LogP contribution in [0.1, 0.15) is 5.56 Å². The molecule has 0 radical (unpaired) electrons. The highest BCUT2D eigenvalue weighted by molar-refractivity contribution is 7.26. The van der Waals surface area contributed by atoms with E-state index in [-0.39, 0.29) is 6.61 Å². The van der Waals surface area contributed by atoms with Gasteiger partial charge in [-0.2, -0.15) is 0 Å². The van der Waals surface area contributed by atoms with Gasteiger partial charge in [-0.25, -0.2) is 0 Å². The standard InChI is InChI=1S/C15H16N2OS/c16-12-6-5-10(9-17-7-8-18)15-14(12)11-3-1-2-4-13(11)19-15/h1-6,17-18H,7-9,16H2. The second kappa shape index (κ2) is 5.17. The molecule has 0 atom stereocenters. The first kappa shape index (κ1) is 12.4. The van der Waals surface area contributed by atoms with Crippen molar-refractivity contribution in [2.24, 2.45) is 0 Å². The molecule has 4 heteroatoms. The molecule has 1 heterocycles. The monoisotopic (exact) mass is 272 g/mol. The van der Waals surface area contributed by atoms with Crippen molar-refractivity contribution >= 4 is 37.2 Å². The van der Waals surface area contributed by atoms with E-state index in [9.17, 15) is 0 Å². The molecule has 0 spiro atoms. The second-order valence-corrected chi connectivity index (χ2v) is 5.57. The summed E-state index contributed by atoms with van der Waals surface area (Å²) >= 11 is 1.78. The Morgan fingerprint density at radius 2 is 2.00 bits per heavy atom. The molecular weight excluding hydrogens is 256 g/mol. The summed E-state index contributed by atoms with van der Waals surface area (Å²) in [6, 6.07) is 12.4. The minimum atomic E-state index is 0.157. The summed E-state index contributed by atoms with van der Waals surface area (Å²) < 4.78 is 2.51. The molecule has 0 amide bonds. The molecule has 0 fully saturated rings. The SMILES string of the molecule is Nc1ccc(CNCCO)c2sc3ccccc3c12. The molecule has 4 N–H and O–H groups in total. The first-order chi connectivity index (χ1) is 9.31. The highest BCUT2D eigenvalue weighted by Crippen LogP contribution is 2.38. The van der Waals surface area contributed by atoms with E-state index in [4.69, 9.17) is 10.8 Å². The molecule has 1 aromatic heterocycles.